The lowest BCUT2D eigenvalue weighted by molar-refractivity contribution is 0.280. The van der Waals surface area contributed by atoms with Gasteiger partial charge in [-0.25, -0.2) is 0 Å². The van der Waals surface area contributed by atoms with Gasteiger partial charge >= 0.3 is 0 Å². The summed E-state index contributed by atoms with van der Waals surface area (Å²) >= 11 is 0. The van der Waals surface area contributed by atoms with E-state index in [1.165, 1.54) is 23.6 Å². The number of benzene rings is 2. The van der Waals surface area contributed by atoms with Crippen LogP contribution in [-0.4, -0.2) is 19.2 Å². The van der Waals surface area contributed by atoms with Crippen molar-refractivity contribution in [2.24, 2.45) is 0 Å². The molecule has 1 aliphatic heterocycles. The van der Waals surface area contributed by atoms with E-state index in [-0.39, 0.29) is 0 Å². The lowest BCUT2D eigenvalue weighted by atomic mass is 10.1. The number of nitrogens with one attached hydrogen (secondary N) is 1. The van der Waals surface area contributed by atoms with E-state index in [1.807, 2.05) is 0 Å². The number of hydrogen-bond acceptors (Lipinski definition) is 2. The summed E-state index contributed by atoms with van der Waals surface area (Å²) in [6.07, 6.45) is 2.49. The van der Waals surface area contributed by atoms with E-state index < -0.39 is 0 Å². The Morgan fingerprint density at radius 1 is 1.12 bits per heavy atom. The highest BCUT2D eigenvalue weighted by Crippen LogP contribution is 2.25. The van der Waals surface area contributed by atoms with Crippen LogP contribution in [0.1, 0.15) is 12.8 Å². The van der Waals surface area contributed by atoms with Crippen molar-refractivity contribution in [2.75, 3.05) is 13.2 Å². The van der Waals surface area contributed by atoms with Gasteiger partial charge in [0.2, 0.25) is 0 Å². The van der Waals surface area contributed by atoms with Gasteiger partial charge in [-0.15, -0.1) is 0 Å². The second-order valence-corrected chi connectivity index (χ2v) is 4.58. The molecule has 0 aliphatic carbocycles. The van der Waals surface area contributed by atoms with Gasteiger partial charge in [0.15, 0.2) is 0 Å². The van der Waals surface area contributed by atoms with Crippen molar-refractivity contribution in [3.05, 3.63) is 42.5 Å². The average Bonchev–Trinajstić information content (AvgIpc) is 2.89. The Hall–Kier alpha value is -1.54. The smallest absolute Gasteiger partial charge is 0.127 e. The molecule has 0 spiro atoms. The Kier molecular flexibility index (Phi) is 2.97. The van der Waals surface area contributed by atoms with Gasteiger partial charge in [0.1, 0.15) is 12.4 Å². The van der Waals surface area contributed by atoms with Gasteiger partial charge in [-0.05, 0) is 30.8 Å². The monoisotopic (exact) mass is 227 g/mol. The highest BCUT2D eigenvalue weighted by atomic mass is 16.5. The number of ether oxygens (including phenoxy) is 1. The summed E-state index contributed by atoms with van der Waals surface area (Å²) in [4.78, 5) is 0. The Morgan fingerprint density at radius 2 is 2.00 bits per heavy atom. The summed E-state index contributed by atoms with van der Waals surface area (Å²) in [7, 11) is 0. The first-order valence-corrected chi connectivity index (χ1v) is 6.27. The van der Waals surface area contributed by atoms with Crippen molar-refractivity contribution in [2.45, 2.75) is 18.9 Å². The van der Waals surface area contributed by atoms with Gasteiger partial charge in [0.05, 0.1) is 0 Å². The zero-order valence-electron chi connectivity index (χ0n) is 9.86. The highest BCUT2D eigenvalue weighted by molar-refractivity contribution is 5.88. The maximum Gasteiger partial charge on any atom is 0.127 e. The third-order valence-electron chi connectivity index (χ3n) is 3.35. The quantitative estimate of drug-likeness (QED) is 0.870. The highest BCUT2D eigenvalue weighted by Gasteiger charge is 2.14. The molecule has 2 aromatic carbocycles. The average molecular weight is 227 g/mol. The minimum Gasteiger partial charge on any atom is -0.491 e. The maximum atomic E-state index is 5.94. The third-order valence-corrected chi connectivity index (χ3v) is 3.35. The molecule has 0 aromatic heterocycles. The molecule has 1 heterocycles. The lowest BCUT2D eigenvalue weighted by Crippen LogP contribution is -2.28. The van der Waals surface area contributed by atoms with Gasteiger partial charge in [-0.1, -0.05) is 36.4 Å². The van der Waals surface area contributed by atoms with E-state index in [4.69, 9.17) is 4.74 Å². The number of hydrogen-bond donors (Lipinski definition) is 1. The first-order valence-electron chi connectivity index (χ1n) is 6.27. The normalized spacial score (nSPS) is 19.6. The second kappa shape index (κ2) is 4.76. The molecule has 0 bridgehead atoms. The maximum absolute atomic E-state index is 5.94. The summed E-state index contributed by atoms with van der Waals surface area (Å²) in [5.41, 5.74) is 0. The molecular formula is C15H17NO. The molecule has 2 aromatic rings. The molecule has 0 unspecified atom stereocenters. The fourth-order valence-electron chi connectivity index (χ4n) is 2.41. The van der Waals surface area contributed by atoms with E-state index in [1.54, 1.807) is 0 Å². The largest absolute Gasteiger partial charge is 0.491 e. The van der Waals surface area contributed by atoms with Crippen molar-refractivity contribution in [1.29, 1.82) is 0 Å². The van der Waals surface area contributed by atoms with Crippen LogP contribution < -0.4 is 10.1 Å². The third kappa shape index (κ3) is 2.27. The lowest BCUT2D eigenvalue weighted by Gasteiger charge is -2.13. The van der Waals surface area contributed by atoms with Crippen LogP contribution in [0.15, 0.2) is 42.5 Å². The number of rotatable bonds is 3. The van der Waals surface area contributed by atoms with Crippen LogP contribution in [0, 0.1) is 0 Å². The predicted molar refractivity (Wildman–Crippen MR) is 70.5 cm³/mol. The molecule has 3 rings (SSSR count). The van der Waals surface area contributed by atoms with Crippen LogP contribution in [-0.2, 0) is 0 Å². The molecular weight excluding hydrogens is 210 g/mol. The molecule has 0 radical (unpaired) electrons. The zero-order chi connectivity index (χ0) is 11.5. The minimum atomic E-state index is 0.522. The van der Waals surface area contributed by atoms with Crippen molar-refractivity contribution < 1.29 is 4.74 Å². The summed E-state index contributed by atoms with van der Waals surface area (Å²) in [6, 6.07) is 15.1. The van der Waals surface area contributed by atoms with Crippen LogP contribution in [0.3, 0.4) is 0 Å². The van der Waals surface area contributed by atoms with E-state index in [0.29, 0.717) is 6.04 Å². The van der Waals surface area contributed by atoms with Gasteiger partial charge < -0.3 is 10.1 Å². The molecule has 0 saturated carbocycles. The molecule has 1 N–H and O–H groups in total. The topological polar surface area (TPSA) is 21.3 Å². The molecule has 1 fully saturated rings. The van der Waals surface area contributed by atoms with Gasteiger partial charge in [-0.2, -0.15) is 0 Å². The molecule has 17 heavy (non-hydrogen) atoms. The van der Waals surface area contributed by atoms with Crippen LogP contribution in [0.2, 0.25) is 0 Å². The summed E-state index contributed by atoms with van der Waals surface area (Å²) in [6.45, 7) is 1.90. The summed E-state index contributed by atoms with van der Waals surface area (Å²) < 4.78 is 5.94. The minimum absolute atomic E-state index is 0.522. The summed E-state index contributed by atoms with van der Waals surface area (Å²) in [5.74, 6) is 0.997. The predicted octanol–water partition coefficient (Wildman–Crippen LogP) is 2.97. The van der Waals surface area contributed by atoms with Crippen LogP contribution in [0.25, 0.3) is 10.8 Å². The molecule has 1 saturated heterocycles. The SMILES string of the molecule is c1ccc2c(OC[C@H]3CCCN3)cccc2c1. The molecule has 0 amide bonds. The molecule has 1 aliphatic rings. The van der Waals surface area contributed by atoms with Crippen molar-refractivity contribution in [1.82, 2.24) is 5.32 Å². The Labute approximate surface area is 102 Å². The van der Waals surface area contributed by atoms with Crippen LogP contribution >= 0.6 is 0 Å². The second-order valence-electron chi connectivity index (χ2n) is 4.58. The van der Waals surface area contributed by atoms with Crippen molar-refractivity contribution >= 4 is 10.8 Å². The summed E-state index contributed by atoms with van der Waals surface area (Å²) in [5, 5.41) is 5.89. The number of fused-ring (bicyclic) bond motifs is 1. The van der Waals surface area contributed by atoms with Gasteiger partial charge in [0.25, 0.3) is 0 Å². The van der Waals surface area contributed by atoms with E-state index in [0.717, 1.165) is 18.9 Å². The van der Waals surface area contributed by atoms with Gasteiger partial charge in [0, 0.05) is 11.4 Å². The fourth-order valence-corrected chi connectivity index (χ4v) is 2.41. The Bertz CT molecular complexity index is 498. The first-order chi connectivity index (χ1) is 8.43. The van der Waals surface area contributed by atoms with Crippen molar-refractivity contribution in [3.63, 3.8) is 0 Å². The standard InChI is InChI=1S/C15H17NO/c1-2-8-14-12(5-1)6-3-9-15(14)17-11-13-7-4-10-16-13/h1-3,5-6,8-9,13,16H,4,7,10-11H2/t13-/m1/s1. The zero-order valence-corrected chi connectivity index (χ0v) is 9.86. The van der Waals surface area contributed by atoms with E-state index in [9.17, 15) is 0 Å². The molecule has 88 valence electrons. The van der Waals surface area contributed by atoms with Crippen LogP contribution in [0.5, 0.6) is 5.75 Å². The van der Waals surface area contributed by atoms with E-state index >= 15 is 0 Å². The van der Waals surface area contributed by atoms with Gasteiger partial charge in [-0.3, -0.25) is 0 Å². The Morgan fingerprint density at radius 3 is 2.88 bits per heavy atom. The molecule has 2 heteroatoms. The Balaban J connectivity index is 1.79. The fraction of sp³-hybridized carbons (Fsp3) is 0.333. The molecule has 2 nitrogen and oxygen atoms in total. The first kappa shape index (κ1) is 10.6. The molecule has 1 atom stereocenters. The van der Waals surface area contributed by atoms with E-state index in [2.05, 4.69) is 47.8 Å². The van der Waals surface area contributed by atoms with Crippen molar-refractivity contribution in [3.8, 4) is 5.75 Å². The van der Waals surface area contributed by atoms with Crippen LogP contribution in [0.4, 0.5) is 0 Å².